The fourth-order valence-electron chi connectivity index (χ4n) is 1.01. The van der Waals surface area contributed by atoms with Gasteiger partial charge < -0.3 is 5.11 Å². The topological polar surface area (TPSA) is 63.4 Å². The van der Waals surface area contributed by atoms with Crippen LogP contribution in [0.3, 0.4) is 0 Å². The maximum absolute atomic E-state index is 12.9. The predicted octanol–water partition coefficient (Wildman–Crippen LogP) is 1.27. The second-order valence-corrected chi connectivity index (χ2v) is 2.70. The average molecular weight is 203 g/mol. The molecule has 0 aliphatic heterocycles. The Kier molecular flexibility index (Phi) is 3.08. The number of hydrogen-bond acceptors (Lipinski definition) is 3. The molecule has 0 amide bonds. The molecule has 0 bridgehead atoms. The van der Waals surface area contributed by atoms with E-state index in [1.807, 2.05) is 0 Å². The molecule has 0 heterocycles. The number of aliphatic hydroxyl groups excluding tert-OH is 1. The van der Waals surface area contributed by atoms with E-state index in [9.17, 15) is 18.9 Å². The minimum Gasteiger partial charge on any atom is -0.381 e. The zero-order valence-electron chi connectivity index (χ0n) is 6.98. The van der Waals surface area contributed by atoms with Crippen LogP contribution in [0, 0.1) is 21.7 Å². The Hall–Kier alpha value is -1.56. The van der Waals surface area contributed by atoms with E-state index >= 15 is 0 Å². The second-order valence-electron chi connectivity index (χ2n) is 2.70. The molecular weight excluding hydrogens is 196 g/mol. The maximum Gasteiger partial charge on any atom is 0.233 e. The molecule has 6 heteroatoms. The van der Waals surface area contributed by atoms with Gasteiger partial charge in [-0.3, -0.25) is 10.1 Å². The molecule has 0 aliphatic rings. The van der Waals surface area contributed by atoms with E-state index in [4.69, 9.17) is 5.11 Å². The number of nitro groups is 1. The Bertz CT molecular complexity index is 356. The lowest BCUT2D eigenvalue weighted by Crippen LogP contribution is -2.13. The van der Waals surface area contributed by atoms with E-state index < -0.39 is 34.8 Å². The molecule has 4 nitrogen and oxygen atoms in total. The van der Waals surface area contributed by atoms with E-state index in [1.165, 1.54) is 0 Å². The lowest BCUT2D eigenvalue weighted by molar-refractivity contribution is -0.491. The molecule has 0 fully saturated rings. The summed E-state index contributed by atoms with van der Waals surface area (Å²) in [5.74, 6) is -1.61. The average Bonchev–Trinajstić information content (AvgIpc) is 2.08. The van der Waals surface area contributed by atoms with Crippen molar-refractivity contribution in [3.05, 3.63) is 45.5 Å². The van der Waals surface area contributed by atoms with Gasteiger partial charge in [-0.05, 0) is 18.2 Å². The van der Waals surface area contributed by atoms with Crippen molar-refractivity contribution in [2.45, 2.75) is 6.10 Å². The standard InChI is InChI=1S/C8H7F2NO3/c9-5-1-2-7(10)6(3-5)8(12)4-11(13)14/h1-3,8,12H,4H2/t8-/m0/s1. The first-order chi connectivity index (χ1) is 6.50. The summed E-state index contributed by atoms with van der Waals surface area (Å²) in [6.07, 6.45) is -1.62. The molecule has 1 N–H and O–H groups in total. The number of hydrogen-bond donors (Lipinski definition) is 1. The lowest BCUT2D eigenvalue weighted by atomic mass is 10.1. The van der Waals surface area contributed by atoms with E-state index in [-0.39, 0.29) is 0 Å². The summed E-state index contributed by atoms with van der Waals surface area (Å²) < 4.78 is 25.5. The van der Waals surface area contributed by atoms with Crippen molar-refractivity contribution in [3.63, 3.8) is 0 Å². The van der Waals surface area contributed by atoms with Crippen LogP contribution in [0.4, 0.5) is 8.78 Å². The molecule has 0 spiro atoms. The normalized spacial score (nSPS) is 12.5. The molecule has 0 saturated heterocycles. The van der Waals surface area contributed by atoms with Crippen LogP contribution in [-0.2, 0) is 0 Å². The third-order valence-corrected chi connectivity index (χ3v) is 1.64. The summed E-state index contributed by atoms with van der Waals surface area (Å²) in [4.78, 5) is 9.21. The summed E-state index contributed by atoms with van der Waals surface area (Å²) >= 11 is 0. The quantitative estimate of drug-likeness (QED) is 0.594. The zero-order chi connectivity index (χ0) is 10.7. The van der Waals surface area contributed by atoms with Crippen LogP contribution in [0.15, 0.2) is 18.2 Å². The summed E-state index contributed by atoms with van der Waals surface area (Å²) in [7, 11) is 0. The molecule has 0 aromatic heterocycles. The van der Waals surface area contributed by atoms with E-state index in [0.29, 0.717) is 0 Å². The van der Waals surface area contributed by atoms with Crippen molar-refractivity contribution in [1.29, 1.82) is 0 Å². The third kappa shape index (κ3) is 2.46. The molecule has 1 rings (SSSR count). The van der Waals surface area contributed by atoms with Crippen LogP contribution < -0.4 is 0 Å². The van der Waals surface area contributed by atoms with Crippen molar-refractivity contribution in [1.82, 2.24) is 0 Å². The predicted molar refractivity (Wildman–Crippen MR) is 43.2 cm³/mol. The molecule has 1 aromatic carbocycles. The molecule has 14 heavy (non-hydrogen) atoms. The number of halogens is 2. The van der Waals surface area contributed by atoms with Crippen LogP contribution in [0.25, 0.3) is 0 Å². The van der Waals surface area contributed by atoms with E-state index in [2.05, 4.69) is 0 Å². The Morgan fingerprint density at radius 2 is 2.14 bits per heavy atom. The Morgan fingerprint density at radius 3 is 2.71 bits per heavy atom. The minimum absolute atomic E-state index is 0.401. The van der Waals surface area contributed by atoms with Crippen molar-refractivity contribution in [3.8, 4) is 0 Å². The maximum atomic E-state index is 12.9. The van der Waals surface area contributed by atoms with Gasteiger partial charge in [0.05, 0.1) is 0 Å². The number of nitrogens with zero attached hydrogens (tertiary/aromatic N) is 1. The zero-order valence-corrected chi connectivity index (χ0v) is 6.98. The first-order valence-electron chi connectivity index (χ1n) is 3.75. The van der Waals surface area contributed by atoms with Crippen molar-refractivity contribution in [2.24, 2.45) is 0 Å². The summed E-state index contributed by atoms with van der Waals surface area (Å²) in [6, 6.07) is 2.43. The van der Waals surface area contributed by atoms with Gasteiger partial charge in [-0.25, -0.2) is 8.78 Å². The first-order valence-corrected chi connectivity index (χ1v) is 3.75. The summed E-state index contributed by atoms with van der Waals surface area (Å²) in [5.41, 5.74) is -0.401. The van der Waals surface area contributed by atoms with Gasteiger partial charge in [0.1, 0.15) is 17.7 Å². The summed E-state index contributed by atoms with van der Waals surface area (Å²) in [5, 5.41) is 19.2. The van der Waals surface area contributed by atoms with Gasteiger partial charge >= 0.3 is 0 Å². The SMILES string of the molecule is O=[N+]([O-])C[C@H](O)c1cc(F)ccc1F. The van der Waals surface area contributed by atoms with Crippen molar-refractivity contribution >= 4 is 0 Å². The molecule has 0 aliphatic carbocycles. The molecule has 0 saturated carbocycles. The van der Waals surface area contributed by atoms with Gasteiger partial charge in [0.2, 0.25) is 6.54 Å². The highest BCUT2D eigenvalue weighted by Crippen LogP contribution is 2.18. The largest absolute Gasteiger partial charge is 0.381 e. The van der Waals surface area contributed by atoms with Crippen LogP contribution in [0.2, 0.25) is 0 Å². The molecule has 1 atom stereocenters. The van der Waals surface area contributed by atoms with Crippen molar-refractivity contribution in [2.75, 3.05) is 6.54 Å². The Labute approximate surface area is 77.9 Å². The van der Waals surface area contributed by atoms with Gasteiger partial charge in [0.25, 0.3) is 0 Å². The van der Waals surface area contributed by atoms with Gasteiger partial charge in [-0.1, -0.05) is 0 Å². The number of rotatable bonds is 3. The van der Waals surface area contributed by atoms with Gasteiger partial charge in [0.15, 0.2) is 0 Å². The molecular formula is C8H7F2NO3. The Balaban J connectivity index is 2.93. The lowest BCUT2D eigenvalue weighted by Gasteiger charge is -2.07. The first kappa shape index (κ1) is 10.5. The monoisotopic (exact) mass is 203 g/mol. The second kappa shape index (κ2) is 4.10. The van der Waals surface area contributed by atoms with Crippen LogP contribution in [0.1, 0.15) is 11.7 Å². The van der Waals surface area contributed by atoms with Crippen LogP contribution >= 0.6 is 0 Å². The molecule has 1 aromatic rings. The smallest absolute Gasteiger partial charge is 0.233 e. The van der Waals surface area contributed by atoms with E-state index in [1.54, 1.807) is 0 Å². The minimum atomic E-state index is -1.62. The fraction of sp³-hybridized carbons (Fsp3) is 0.250. The third-order valence-electron chi connectivity index (χ3n) is 1.64. The van der Waals surface area contributed by atoms with Crippen LogP contribution in [0.5, 0.6) is 0 Å². The Morgan fingerprint density at radius 1 is 1.50 bits per heavy atom. The van der Waals surface area contributed by atoms with Gasteiger partial charge in [-0.15, -0.1) is 0 Å². The van der Waals surface area contributed by atoms with E-state index in [0.717, 1.165) is 18.2 Å². The van der Waals surface area contributed by atoms with Crippen LogP contribution in [-0.4, -0.2) is 16.6 Å². The highest BCUT2D eigenvalue weighted by atomic mass is 19.1. The number of benzene rings is 1. The van der Waals surface area contributed by atoms with Gasteiger partial charge in [-0.2, -0.15) is 0 Å². The number of aliphatic hydroxyl groups is 1. The summed E-state index contributed by atoms with van der Waals surface area (Å²) in [6.45, 7) is -0.847. The van der Waals surface area contributed by atoms with Gasteiger partial charge in [0, 0.05) is 10.5 Å². The fourth-order valence-corrected chi connectivity index (χ4v) is 1.01. The molecule has 0 radical (unpaired) electrons. The molecule has 0 unspecified atom stereocenters. The highest BCUT2D eigenvalue weighted by Gasteiger charge is 2.18. The molecule has 76 valence electrons. The van der Waals surface area contributed by atoms with Crippen molar-refractivity contribution < 1.29 is 18.8 Å². The highest BCUT2D eigenvalue weighted by molar-refractivity contribution is 5.20.